The summed E-state index contributed by atoms with van der Waals surface area (Å²) in [5.41, 5.74) is -0.787. The molecular weight excluding hydrogens is 447 g/mol. The van der Waals surface area contributed by atoms with Crippen LogP contribution in [0.5, 0.6) is 0 Å². The Morgan fingerprint density at radius 2 is 1.76 bits per heavy atom. The molecule has 0 atom stereocenters. The lowest BCUT2D eigenvalue weighted by molar-refractivity contribution is -0.137. The highest BCUT2D eigenvalue weighted by molar-refractivity contribution is 5.56. The van der Waals surface area contributed by atoms with Crippen molar-refractivity contribution in [1.82, 2.24) is 19.7 Å². The molecule has 0 radical (unpaired) electrons. The second-order valence-corrected chi connectivity index (χ2v) is 7.75. The number of rotatable bonds is 6. The molecule has 12 heteroatoms. The van der Waals surface area contributed by atoms with Gasteiger partial charge < -0.3 is 15.0 Å². The predicted octanol–water partition coefficient (Wildman–Crippen LogP) is 4.57. The molecule has 0 aliphatic carbocycles. The molecule has 0 saturated carbocycles. The molecule has 0 spiro atoms. The monoisotopic (exact) mass is 468 g/mol. The Hall–Kier alpha value is -3.28. The second-order valence-electron chi connectivity index (χ2n) is 7.75. The number of alkyl halides is 3. The van der Waals surface area contributed by atoms with E-state index in [9.17, 15) is 22.0 Å². The summed E-state index contributed by atoms with van der Waals surface area (Å²) < 4.78 is 73.8. The zero-order valence-corrected chi connectivity index (χ0v) is 17.6. The van der Waals surface area contributed by atoms with E-state index in [0.29, 0.717) is 31.7 Å². The largest absolute Gasteiger partial charge is 0.416 e. The van der Waals surface area contributed by atoms with Crippen LogP contribution in [-0.2, 0) is 10.9 Å². The lowest BCUT2D eigenvalue weighted by Gasteiger charge is -2.33. The summed E-state index contributed by atoms with van der Waals surface area (Å²) in [6.07, 6.45) is -1.82. The van der Waals surface area contributed by atoms with Crippen molar-refractivity contribution in [3.05, 3.63) is 53.9 Å². The molecule has 33 heavy (non-hydrogen) atoms. The van der Waals surface area contributed by atoms with Crippen LogP contribution < -0.4 is 10.2 Å². The van der Waals surface area contributed by atoms with Crippen molar-refractivity contribution in [3.8, 4) is 5.69 Å². The summed E-state index contributed by atoms with van der Waals surface area (Å²) in [5.74, 6) is -1.22. The molecule has 3 heterocycles. The summed E-state index contributed by atoms with van der Waals surface area (Å²) in [5, 5.41) is 6.69. The number of aromatic nitrogens is 4. The van der Waals surface area contributed by atoms with Gasteiger partial charge in [0.05, 0.1) is 11.3 Å². The molecule has 4 rings (SSSR count). The number of nitrogens with one attached hydrogen (secondary N) is 1. The first-order valence-corrected chi connectivity index (χ1v) is 10.2. The predicted molar refractivity (Wildman–Crippen MR) is 111 cm³/mol. The number of methoxy groups -OCH3 is 1. The van der Waals surface area contributed by atoms with Crippen molar-refractivity contribution < 1.29 is 26.7 Å². The number of pyridine rings is 1. The molecule has 1 aliphatic heterocycles. The molecule has 176 valence electrons. The highest BCUT2D eigenvalue weighted by Gasteiger charge is 2.33. The van der Waals surface area contributed by atoms with Crippen molar-refractivity contribution in [2.24, 2.45) is 5.92 Å². The van der Waals surface area contributed by atoms with Crippen molar-refractivity contribution in [3.63, 3.8) is 0 Å². The topological polar surface area (TPSA) is 68.1 Å². The number of ether oxygens (including phenoxy) is 1. The van der Waals surface area contributed by atoms with E-state index in [0.717, 1.165) is 41.8 Å². The quantitative estimate of drug-likeness (QED) is 0.535. The van der Waals surface area contributed by atoms with E-state index in [1.54, 1.807) is 12.0 Å². The van der Waals surface area contributed by atoms with E-state index in [-0.39, 0.29) is 23.3 Å². The Labute approximate surface area is 186 Å². The molecule has 1 aliphatic rings. The Kier molecular flexibility index (Phi) is 6.45. The highest BCUT2D eigenvalue weighted by atomic mass is 19.4. The van der Waals surface area contributed by atoms with Crippen molar-refractivity contribution in [2.45, 2.75) is 19.0 Å². The minimum absolute atomic E-state index is 0.0729. The number of anilines is 3. The van der Waals surface area contributed by atoms with E-state index < -0.39 is 23.4 Å². The smallest absolute Gasteiger partial charge is 0.384 e. The molecule has 2 aromatic heterocycles. The lowest BCUT2D eigenvalue weighted by Crippen LogP contribution is -2.35. The Morgan fingerprint density at radius 1 is 1.06 bits per heavy atom. The second kappa shape index (κ2) is 9.30. The van der Waals surface area contributed by atoms with Gasteiger partial charge in [-0.3, -0.25) is 0 Å². The van der Waals surface area contributed by atoms with Crippen LogP contribution in [0.2, 0.25) is 0 Å². The molecule has 0 unspecified atom stereocenters. The number of halogens is 5. The van der Waals surface area contributed by atoms with Gasteiger partial charge in [0.2, 0.25) is 5.95 Å². The Morgan fingerprint density at radius 3 is 2.39 bits per heavy atom. The molecule has 1 saturated heterocycles. The van der Waals surface area contributed by atoms with Gasteiger partial charge in [0.15, 0.2) is 0 Å². The number of benzene rings is 1. The van der Waals surface area contributed by atoms with Gasteiger partial charge in [0, 0.05) is 32.9 Å². The first kappa shape index (κ1) is 22.9. The summed E-state index contributed by atoms with van der Waals surface area (Å²) in [6, 6.07) is 4.70. The van der Waals surface area contributed by atoms with Crippen LogP contribution in [0, 0.1) is 17.6 Å². The maximum absolute atomic E-state index is 13.5. The van der Waals surface area contributed by atoms with E-state index in [1.807, 2.05) is 0 Å². The minimum Gasteiger partial charge on any atom is -0.384 e. The lowest BCUT2D eigenvalue weighted by atomic mass is 9.98. The first-order valence-electron chi connectivity index (χ1n) is 10.2. The molecule has 1 N–H and O–H groups in total. The first-order chi connectivity index (χ1) is 15.7. The molecule has 0 amide bonds. The summed E-state index contributed by atoms with van der Waals surface area (Å²) in [4.78, 5) is 10.1. The average molecular weight is 468 g/mol. The van der Waals surface area contributed by atoms with Crippen LogP contribution in [0.25, 0.3) is 5.69 Å². The zero-order chi connectivity index (χ0) is 23.6. The normalized spacial score (nSPS) is 15.2. The van der Waals surface area contributed by atoms with Gasteiger partial charge >= 0.3 is 6.18 Å². The van der Waals surface area contributed by atoms with Crippen LogP contribution in [0.1, 0.15) is 18.4 Å². The molecule has 0 bridgehead atoms. The van der Waals surface area contributed by atoms with Gasteiger partial charge in [-0.1, -0.05) is 0 Å². The molecule has 1 fully saturated rings. The minimum atomic E-state index is -4.58. The van der Waals surface area contributed by atoms with E-state index >= 15 is 0 Å². The standard InChI is InChI=1S/C21H21F5N6O/c1-33-11-13-2-4-31(5-3-13)19-7-14(21(24,25)26)6-18(28-19)29-20-27-12-32(30-20)17-9-15(22)8-16(23)10-17/h6-10,12-13H,2-5,11H2,1H3,(H,28,29,30). The fourth-order valence-corrected chi connectivity index (χ4v) is 3.70. The van der Waals surface area contributed by atoms with Gasteiger partial charge in [-0.25, -0.2) is 18.4 Å². The average Bonchev–Trinajstić information content (AvgIpc) is 3.21. The van der Waals surface area contributed by atoms with Gasteiger partial charge in [-0.15, -0.1) is 5.10 Å². The number of piperidine rings is 1. The third-order valence-corrected chi connectivity index (χ3v) is 5.32. The molecular formula is C21H21F5N6O. The van der Waals surface area contributed by atoms with Crippen LogP contribution >= 0.6 is 0 Å². The van der Waals surface area contributed by atoms with Crippen LogP contribution in [0.15, 0.2) is 36.7 Å². The SMILES string of the molecule is COCC1CCN(c2cc(C(F)(F)F)cc(Nc3ncn(-c4cc(F)cc(F)c4)n3)n2)CC1. The summed E-state index contributed by atoms with van der Waals surface area (Å²) >= 11 is 0. The highest BCUT2D eigenvalue weighted by Crippen LogP contribution is 2.34. The summed E-state index contributed by atoms with van der Waals surface area (Å²) in [7, 11) is 1.62. The maximum atomic E-state index is 13.5. The summed E-state index contributed by atoms with van der Waals surface area (Å²) in [6.45, 7) is 1.72. The van der Waals surface area contributed by atoms with Crippen molar-refractivity contribution in [2.75, 3.05) is 37.0 Å². The Balaban J connectivity index is 1.57. The van der Waals surface area contributed by atoms with Crippen LogP contribution in [0.3, 0.4) is 0 Å². The van der Waals surface area contributed by atoms with Gasteiger partial charge in [0.1, 0.15) is 29.6 Å². The van der Waals surface area contributed by atoms with Gasteiger partial charge in [0.25, 0.3) is 0 Å². The molecule has 1 aromatic carbocycles. The molecule has 3 aromatic rings. The fraction of sp³-hybridized carbons (Fsp3) is 0.381. The Bertz CT molecular complexity index is 1090. The van der Waals surface area contributed by atoms with Gasteiger partial charge in [-0.2, -0.15) is 18.2 Å². The van der Waals surface area contributed by atoms with E-state index in [1.165, 1.54) is 6.33 Å². The van der Waals surface area contributed by atoms with Crippen LogP contribution in [-0.4, -0.2) is 46.6 Å². The van der Waals surface area contributed by atoms with Crippen molar-refractivity contribution >= 4 is 17.6 Å². The fourth-order valence-electron chi connectivity index (χ4n) is 3.70. The third-order valence-electron chi connectivity index (χ3n) is 5.32. The zero-order valence-electron chi connectivity index (χ0n) is 17.6. The third kappa shape index (κ3) is 5.56. The number of hydrogen-bond donors (Lipinski definition) is 1. The number of hydrogen-bond acceptors (Lipinski definition) is 6. The van der Waals surface area contributed by atoms with E-state index in [4.69, 9.17) is 4.74 Å². The number of nitrogens with zero attached hydrogens (tertiary/aromatic N) is 5. The van der Waals surface area contributed by atoms with E-state index in [2.05, 4.69) is 20.4 Å². The van der Waals surface area contributed by atoms with Crippen molar-refractivity contribution in [1.29, 1.82) is 0 Å². The maximum Gasteiger partial charge on any atom is 0.416 e. The van der Waals surface area contributed by atoms with Gasteiger partial charge in [-0.05, 0) is 43.0 Å². The molecule has 7 nitrogen and oxygen atoms in total. The van der Waals surface area contributed by atoms with Crippen LogP contribution in [0.4, 0.5) is 39.5 Å².